The third-order valence-electron chi connectivity index (χ3n) is 3.42. The molecule has 0 spiro atoms. The Bertz CT molecular complexity index is 873. The van der Waals surface area contributed by atoms with E-state index in [1.807, 2.05) is 18.2 Å². The van der Waals surface area contributed by atoms with E-state index in [9.17, 15) is 9.59 Å². The molecule has 0 aliphatic carbocycles. The van der Waals surface area contributed by atoms with Gasteiger partial charge in [0, 0.05) is 16.7 Å². The van der Waals surface area contributed by atoms with Gasteiger partial charge in [-0.1, -0.05) is 35.6 Å². The average molecular weight is 394 g/mol. The van der Waals surface area contributed by atoms with Gasteiger partial charge in [0.15, 0.2) is 0 Å². The fraction of sp³-hybridized carbons (Fsp3) is 0.118. The van der Waals surface area contributed by atoms with Crippen LogP contribution in [-0.2, 0) is 14.3 Å². The lowest BCUT2D eigenvalue weighted by molar-refractivity contribution is -0.143. The largest absolute Gasteiger partial charge is 0.468 e. The number of hydrogen-bond donors (Lipinski definition) is 0. The van der Waals surface area contributed by atoms with Crippen molar-refractivity contribution in [2.45, 2.75) is 0 Å². The second kappa shape index (κ2) is 7.43. The first-order chi connectivity index (χ1) is 12.0. The maximum Gasteiger partial charge on any atom is 0.325 e. The molecule has 128 valence electrons. The molecule has 1 saturated heterocycles. The Kier molecular flexibility index (Phi) is 5.27. The third-order valence-corrected chi connectivity index (χ3v) is 5.05. The van der Waals surface area contributed by atoms with Crippen molar-refractivity contribution in [3.8, 4) is 11.3 Å². The number of halogens is 1. The summed E-state index contributed by atoms with van der Waals surface area (Å²) >= 11 is 12.1. The van der Waals surface area contributed by atoms with Gasteiger partial charge < -0.3 is 9.15 Å². The number of rotatable bonds is 4. The molecule has 25 heavy (non-hydrogen) atoms. The molecular formula is C17H12ClNO4S2. The Labute approximate surface area is 158 Å². The number of furan rings is 1. The molecule has 1 aromatic heterocycles. The van der Waals surface area contributed by atoms with Crippen LogP contribution in [0.25, 0.3) is 17.4 Å². The maximum atomic E-state index is 12.4. The molecule has 1 fully saturated rings. The lowest BCUT2D eigenvalue weighted by atomic mass is 10.2. The van der Waals surface area contributed by atoms with Gasteiger partial charge >= 0.3 is 5.97 Å². The summed E-state index contributed by atoms with van der Waals surface area (Å²) in [5.41, 5.74) is 0.877. The standard InChI is InChI=1S/C17H12ClNO4S2/c1-22-15(20)9-19-16(21)14(25-17(19)24)8-12-6-7-13(23-12)10-2-4-11(18)5-3-10/h2-8H,9H2,1H3/b14-8-. The van der Waals surface area contributed by atoms with E-state index in [0.29, 0.717) is 25.8 Å². The Morgan fingerprint density at radius 2 is 2.04 bits per heavy atom. The molecular weight excluding hydrogens is 382 g/mol. The summed E-state index contributed by atoms with van der Waals surface area (Å²) in [5.74, 6) is 0.307. The molecule has 3 rings (SSSR count). The molecule has 0 unspecified atom stereocenters. The van der Waals surface area contributed by atoms with Crippen LogP contribution in [-0.4, -0.2) is 34.8 Å². The van der Waals surface area contributed by atoms with Crippen LogP contribution in [0.15, 0.2) is 45.7 Å². The van der Waals surface area contributed by atoms with Crippen LogP contribution in [0.3, 0.4) is 0 Å². The van der Waals surface area contributed by atoms with E-state index in [1.54, 1.807) is 24.3 Å². The van der Waals surface area contributed by atoms with Crippen molar-refractivity contribution in [1.82, 2.24) is 4.90 Å². The van der Waals surface area contributed by atoms with Crippen molar-refractivity contribution < 1.29 is 18.7 Å². The van der Waals surface area contributed by atoms with Crippen molar-refractivity contribution in [2.75, 3.05) is 13.7 Å². The number of nitrogens with zero attached hydrogens (tertiary/aromatic N) is 1. The van der Waals surface area contributed by atoms with Crippen molar-refractivity contribution in [3.05, 3.63) is 52.1 Å². The minimum absolute atomic E-state index is 0.202. The zero-order valence-electron chi connectivity index (χ0n) is 13.0. The number of benzene rings is 1. The van der Waals surface area contributed by atoms with Crippen LogP contribution in [0.5, 0.6) is 0 Å². The number of methoxy groups -OCH3 is 1. The second-order valence-corrected chi connectivity index (χ2v) is 7.17. The van der Waals surface area contributed by atoms with Crippen LogP contribution < -0.4 is 0 Å². The van der Waals surface area contributed by atoms with Crippen molar-refractivity contribution >= 4 is 57.9 Å². The van der Waals surface area contributed by atoms with E-state index in [2.05, 4.69) is 4.74 Å². The molecule has 1 amide bonds. The SMILES string of the molecule is COC(=O)CN1C(=O)/C(=C/c2ccc(-c3ccc(Cl)cc3)o2)SC1=S. The predicted molar refractivity (Wildman–Crippen MR) is 101 cm³/mol. The van der Waals surface area contributed by atoms with Gasteiger partial charge in [0.25, 0.3) is 5.91 Å². The van der Waals surface area contributed by atoms with Gasteiger partial charge in [-0.25, -0.2) is 0 Å². The summed E-state index contributed by atoms with van der Waals surface area (Å²) in [4.78, 5) is 25.4. The van der Waals surface area contributed by atoms with E-state index in [1.165, 1.54) is 12.0 Å². The molecule has 0 N–H and O–H groups in total. The smallest absolute Gasteiger partial charge is 0.325 e. The van der Waals surface area contributed by atoms with Gasteiger partial charge in [0.1, 0.15) is 22.4 Å². The van der Waals surface area contributed by atoms with E-state index >= 15 is 0 Å². The van der Waals surface area contributed by atoms with Crippen LogP contribution in [0, 0.1) is 0 Å². The highest BCUT2D eigenvalue weighted by molar-refractivity contribution is 8.26. The molecule has 2 aromatic rings. The number of carbonyl (C=O) groups is 2. The predicted octanol–water partition coefficient (Wildman–Crippen LogP) is 3.97. The van der Waals surface area contributed by atoms with E-state index in [4.69, 9.17) is 28.2 Å². The Balaban J connectivity index is 1.79. The first-order valence-corrected chi connectivity index (χ1v) is 8.76. The molecule has 0 saturated carbocycles. The molecule has 0 bridgehead atoms. The average Bonchev–Trinajstić information content (AvgIpc) is 3.16. The molecule has 1 aromatic carbocycles. The molecule has 1 aliphatic heterocycles. The summed E-state index contributed by atoms with van der Waals surface area (Å²) in [6.07, 6.45) is 1.61. The first kappa shape index (κ1) is 17.7. The number of hydrogen-bond acceptors (Lipinski definition) is 6. The number of amides is 1. The highest BCUT2D eigenvalue weighted by Crippen LogP contribution is 2.33. The van der Waals surface area contributed by atoms with Crippen molar-refractivity contribution in [1.29, 1.82) is 0 Å². The monoisotopic (exact) mass is 393 g/mol. The second-order valence-electron chi connectivity index (χ2n) is 5.05. The number of thiocarbonyl (C=S) groups is 1. The topological polar surface area (TPSA) is 59.8 Å². The van der Waals surface area contributed by atoms with Gasteiger partial charge in [-0.2, -0.15) is 0 Å². The summed E-state index contributed by atoms with van der Waals surface area (Å²) in [5, 5.41) is 0.643. The Morgan fingerprint density at radius 3 is 2.72 bits per heavy atom. The normalized spacial score (nSPS) is 15.9. The van der Waals surface area contributed by atoms with Gasteiger partial charge in [-0.3, -0.25) is 14.5 Å². The summed E-state index contributed by atoms with van der Waals surface area (Å²) < 4.78 is 10.6. The Morgan fingerprint density at radius 1 is 1.32 bits per heavy atom. The summed E-state index contributed by atoms with van der Waals surface area (Å²) in [6, 6.07) is 10.8. The van der Waals surface area contributed by atoms with Gasteiger partial charge in [-0.05, 0) is 36.4 Å². The first-order valence-electron chi connectivity index (χ1n) is 7.16. The lowest BCUT2D eigenvalue weighted by Gasteiger charge is -2.11. The summed E-state index contributed by atoms with van der Waals surface area (Å²) in [7, 11) is 1.26. The van der Waals surface area contributed by atoms with E-state index in [0.717, 1.165) is 17.3 Å². The van der Waals surface area contributed by atoms with Gasteiger partial charge in [0.2, 0.25) is 0 Å². The highest BCUT2D eigenvalue weighted by Gasteiger charge is 2.33. The fourth-order valence-electron chi connectivity index (χ4n) is 2.16. The van der Waals surface area contributed by atoms with Crippen LogP contribution in [0.4, 0.5) is 0 Å². The molecule has 2 heterocycles. The number of carbonyl (C=O) groups excluding carboxylic acids is 2. The zero-order valence-corrected chi connectivity index (χ0v) is 15.4. The molecule has 1 aliphatic rings. The van der Waals surface area contributed by atoms with Crippen LogP contribution in [0.1, 0.15) is 5.76 Å². The minimum Gasteiger partial charge on any atom is -0.468 e. The lowest BCUT2D eigenvalue weighted by Crippen LogP contribution is -2.33. The molecule has 0 radical (unpaired) electrons. The van der Waals surface area contributed by atoms with Crippen molar-refractivity contribution in [2.24, 2.45) is 0 Å². The number of thioether (sulfide) groups is 1. The number of ether oxygens (including phenoxy) is 1. The Hall–Kier alpha value is -2.09. The number of esters is 1. The van der Waals surface area contributed by atoms with Gasteiger partial charge in [-0.15, -0.1) is 0 Å². The van der Waals surface area contributed by atoms with Crippen molar-refractivity contribution in [3.63, 3.8) is 0 Å². The highest BCUT2D eigenvalue weighted by atomic mass is 35.5. The van der Waals surface area contributed by atoms with E-state index < -0.39 is 5.97 Å². The van der Waals surface area contributed by atoms with Gasteiger partial charge in [0.05, 0.1) is 12.0 Å². The zero-order chi connectivity index (χ0) is 18.0. The molecule has 0 atom stereocenters. The van der Waals surface area contributed by atoms with Crippen LogP contribution in [0.2, 0.25) is 5.02 Å². The minimum atomic E-state index is -0.527. The fourth-order valence-corrected chi connectivity index (χ4v) is 3.52. The molecule has 8 heteroatoms. The quantitative estimate of drug-likeness (QED) is 0.445. The maximum absolute atomic E-state index is 12.4. The molecule has 5 nitrogen and oxygen atoms in total. The third kappa shape index (κ3) is 3.95. The summed E-state index contributed by atoms with van der Waals surface area (Å²) in [6.45, 7) is -0.202. The van der Waals surface area contributed by atoms with E-state index in [-0.39, 0.29) is 12.5 Å². The van der Waals surface area contributed by atoms with Crippen LogP contribution >= 0.6 is 35.6 Å².